The summed E-state index contributed by atoms with van der Waals surface area (Å²) < 4.78 is 7.33. The first-order chi connectivity index (χ1) is 13.4. The third-order valence-corrected chi connectivity index (χ3v) is 6.32. The molecule has 28 heavy (non-hydrogen) atoms. The average molecular weight is 397 g/mol. The molecule has 0 aliphatic carbocycles. The summed E-state index contributed by atoms with van der Waals surface area (Å²) in [5.74, 6) is 0.934. The van der Waals surface area contributed by atoms with Gasteiger partial charge in [-0.2, -0.15) is 0 Å². The SMILES string of the molecule is CN(C)C[C@](C)(O)c1ccc2c(c1)CN(Cc1cc3ccccc3s1)CCO2. The molecule has 0 bridgehead atoms. The minimum absolute atomic E-state index is 0.581. The van der Waals surface area contributed by atoms with Gasteiger partial charge in [0.2, 0.25) is 0 Å². The topological polar surface area (TPSA) is 35.9 Å². The van der Waals surface area contributed by atoms with E-state index in [2.05, 4.69) is 41.3 Å². The highest BCUT2D eigenvalue weighted by Gasteiger charge is 2.26. The van der Waals surface area contributed by atoms with E-state index in [1.165, 1.54) is 15.0 Å². The highest BCUT2D eigenvalue weighted by Crippen LogP contribution is 2.31. The molecule has 1 aromatic heterocycles. The van der Waals surface area contributed by atoms with E-state index in [0.717, 1.165) is 36.5 Å². The van der Waals surface area contributed by atoms with Gasteiger partial charge in [0.25, 0.3) is 0 Å². The molecule has 4 rings (SSSR count). The van der Waals surface area contributed by atoms with Gasteiger partial charge in [0.1, 0.15) is 12.4 Å². The summed E-state index contributed by atoms with van der Waals surface area (Å²) in [6.45, 7) is 5.78. The van der Waals surface area contributed by atoms with Gasteiger partial charge < -0.3 is 14.7 Å². The standard InChI is InChI=1S/C23H28N2O2S/c1-23(26,16-24(2)3)19-8-9-21-18(12-19)14-25(10-11-27-21)15-20-13-17-6-4-5-7-22(17)28-20/h4-9,12-13,26H,10-11,14-16H2,1-3H3/t23-/m0/s1. The molecule has 0 saturated heterocycles. The maximum atomic E-state index is 10.9. The van der Waals surface area contributed by atoms with Crippen molar-refractivity contribution in [2.45, 2.75) is 25.6 Å². The van der Waals surface area contributed by atoms with Crippen molar-refractivity contribution in [3.8, 4) is 5.75 Å². The molecule has 1 atom stereocenters. The van der Waals surface area contributed by atoms with Crippen LogP contribution in [0.2, 0.25) is 0 Å². The van der Waals surface area contributed by atoms with Gasteiger partial charge >= 0.3 is 0 Å². The van der Waals surface area contributed by atoms with Crippen molar-refractivity contribution in [3.63, 3.8) is 0 Å². The molecule has 148 valence electrons. The lowest BCUT2D eigenvalue weighted by atomic mass is 9.93. The number of rotatable bonds is 5. The van der Waals surface area contributed by atoms with Crippen molar-refractivity contribution in [1.82, 2.24) is 9.80 Å². The van der Waals surface area contributed by atoms with Crippen LogP contribution in [-0.2, 0) is 18.7 Å². The van der Waals surface area contributed by atoms with Gasteiger partial charge in [-0.15, -0.1) is 11.3 Å². The number of thiophene rings is 1. The molecule has 5 heteroatoms. The number of hydrogen-bond acceptors (Lipinski definition) is 5. The monoisotopic (exact) mass is 396 g/mol. The van der Waals surface area contributed by atoms with E-state index in [1.807, 2.05) is 49.4 Å². The molecular formula is C23H28N2O2S. The smallest absolute Gasteiger partial charge is 0.123 e. The Morgan fingerprint density at radius 3 is 2.79 bits per heavy atom. The molecule has 2 aromatic carbocycles. The maximum Gasteiger partial charge on any atom is 0.123 e. The van der Waals surface area contributed by atoms with E-state index >= 15 is 0 Å². The van der Waals surface area contributed by atoms with Crippen LogP contribution < -0.4 is 4.74 Å². The Labute approximate surface area is 171 Å². The van der Waals surface area contributed by atoms with E-state index in [-0.39, 0.29) is 0 Å². The molecular weight excluding hydrogens is 368 g/mol. The lowest BCUT2D eigenvalue weighted by molar-refractivity contribution is 0.0299. The van der Waals surface area contributed by atoms with Crippen molar-refractivity contribution in [3.05, 3.63) is 64.5 Å². The third kappa shape index (κ3) is 4.23. The Balaban J connectivity index is 1.55. The van der Waals surface area contributed by atoms with Crippen LogP contribution in [0.25, 0.3) is 10.1 Å². The van der Waals surface area contributed by atoms with Crippen LogP contribution in [0.1, 0.15) is 22.9 Å². The van der Waals surface area contributed by atoms with E-state index in [1.54, 1.807) is 0 Å². The Hall–Kier alpha value is -1.92. The largest absolute Gasteiger partial charge is 0.492 e. The number of benzene rings is 2. The molecule has 0 spiro atoms. The highest BCUT2D eigenvalue weighted by atomic mass is 32.1. The second-order valence-corrected chi connectivity index (χ2v) is 9.31. The predicted molar refractivity (Wildman–Crippen MR) is 116 cm³/mol. The zero-order valence-electron chi connectivity index (χ0n) is 16.8. The molecule has 1 aliphatic heterocycles. The van der Waals surface area contributed by atoms with Crippen LogP contribution in [0, 0.1) is 0 Å². The molecule has 2 heterocycles. The summed E-state index contributed by atoms with van der Waals surface area (Å²) in [5.41, 5.74) is 1.20. The maximum absolute atomic E-state index is 10.9. The summed E-state index contributed by atoms with van der Waals surface area (Å²) in [5, 5.41) is 12.2. The summed E-state index contributed by atoms with van der Waals surface area (Å²) >= 11 is 1.87. The fraction of sp³-hybridized carbons (Fsp3) is 0.391. The van der Waals surface area contributed by atoms with Gasteiger partial charge in [0.05, 0.1) is 5.60 Å². The van der Waals surface area contributed by atoms with Gasteiger partial charge in [0.15, 0.2) is 0 Å². The lowest BCUT2D eigenvalue weighted by Gasteiger charge is -2.28. The zero-order chi connectivity index (χ0) is 19.7. The molecule has 0 amide bonds. The van der Waals surface area contributed by atoms with Crippen molar-refractivity contribution < 1.29 is 9.84 Å². The number of hydrogen-bond donors (Lipinski definition) is 1. The van der Waals surface area contributed by atoms with Gasteiger partial charge in [-0.25, -0.2) is 0 Å². The van der Waals surface area contributed by atoms with Crippen LogP contribution in [-0.4, -0.2) is 48.7 Å². The Kier molecular flexibility index (Phi) is 5.43. The quantitative estimate of drug-likeness (QED) is 0.705. The summed E-state index contributed by atoms with van der Waals surface area (Å²) in [4.78, 5) is 5.82. The van der Waals surface area contributed by atoms with E-state index in [0.29, 0.717) is 13.2 Å². The lowest BCUT2D eigenvalue weighted by Crippen LogP contribution is -2.34. The highest BCUT2D eigenvalue weighted by molar-refractivity contribution is 7.19. The second kappa shape index (κ2) is 7.84. The molecule has 1 aliphatic rings. The minimum atomic E-state index is -0.888. The van der Waals surface area contributed by atoms with Crippen molar-refractivity contribution >= 4 is 21.4 Å². The second-order valence-electron chi connectivity index (χ2n) is 8.14. The molecule has 0 saturated carbocycles. The van der Waals surface area contributed by atoms with Crippen molar-refractivity contribution in [2.75, 3.05) is 33.8 Å². The first kappa shape index (κ1) is 19.4. The van der Waals surface area contributed by atoms with Crippen LogP contribution in [0.15, 0.2) is 48.5 Å². The molecule has 1 N–H and O–H groups in total. The Bertz CT molecular complexity index is 931. The van der Waals surface area contributed by atoms with Crippen LogP contribution in [0.4, 0.5) is 0 Å². The first-order valence-electron chi connectivity index (χ1n) is 9.74. The third-order valence-electron chi connectivity index (χ3n) is 5.22. The number of fused-ring (bicyclic) bond motifs is 2. The first-order valence-corrected chi connectivity index (χ1v) is 10.6. The Morgan fingerprint density at radius 2 is 2.00 bits per heavy atom. The number of nitrogens with zero attached hydrogens (tertiary/aromatic N) is 2. The number of aliphatic hydroxyl groups is 1. The number of ether oxygens (including phenoxy) is 1. The number of likely N-dealkylation sites (N-methyl/N-ethyl adjacent to an activating group) is 1. The summed E-state index contributed by atoms with van der Waals surface area (Å²) in [6, 6.07) is 17.0. The van der Waals surface area contributed by atoms with E-state index in [4.69, 9.17) is 4.74 Å². The van der Waals surface area contributed by atoms with Crippen molar-refractivity contribution in [1.29, 1.82) is 0 Å². The molecule has 0 radical (unpaired) electrons. The van der Waals surface area contributed by atoms with Crippen molar-refractivity contribution in [2.24, 2.45) is 0 Å². The average Bonchev–Trinajstić information content (AvgIpc) is 2.92. The fourth-order valence-corrected chi connectivity index (χ4v) is 5.07. The molecule has 3 aromatic rings. The molecule has 4 nitrogen and oxygen atoms in total. The van der Waals surface area contributed by atoms with Gasteiger partial charge in [-0.1, -0.05) is 24.3 Å². The van der Waals surface area contributed by atoms with Crippen LogP contribution in [0.3, 0.4) is 0 Å². The van der Waals surface area contributed by atoms with Crippen LogP contribution >= 0.6 is 11.3 Å². The van der Waals surface area contributed by atoms with E-state index < -0.39 is 5.60 Å². The normalized spacial score (nSPS) is 17.2. The molecule has 0 fully saturated rings. The fourth-order valence-electron chi connectivity index (χ4n) is 3.96. The zero-order valence-corrected chi connectivity index (χ0v) is 17.6. The van der Waals surface area contributed by atoms with Gasteiger partial charge in [0, 0.05) is 41.3 Å². The van der Waals surface area contributed by atoms with Gasteiger partial charge in [-0.3, -0.25) is 4.90 Å². The summed E-state index contributed by atoms with van der Waals surface area (Å²) in [6.07, 6.45) is 0. The summed E-state index contributed by atoms with van der Waals surface area (Å²) in [7, 11) is 3.96. The molecule has 0 unspecified atom stereocenters. The van der Waals surface area contributed by atoms with E-state index in [9.17, 15) is 5.11 Å². The predicted octanol–water partition coefficient (Wildman–Crippen LogP) is 4.07. The minimum Gasteiger partial charge on any atom is -0.492 e. The van der Waals surface area contributed by atoms with Gasteiger partial charge in [-0.05, 0) is 56.2 Å². The van der Waals surface area contributed by atoms with Crippen LogP contribution in [0.5, 0.6) is 5.75 Å². The Morgan fingerprint density at radius 1 is 1.18 bits per heavy atom.